The first-order chi connectivity index (χ1) is 8.64. The van der Waals surface area contributed by atoms with E-state index in [1.165, 1.54) is 63.2 Å². The van der Waals surface area contributed by atoms with Crippen LogP contribution in [-0.4, -0.2) is 47.1 Å². The summed E-state index contributed by atoms with van der Waals surface area (Å²) in [6.07, 6.45) is 6.89. The molecule has 1 spiro atoms. The highest BCUT2D eigenvalue weighted by molar-refractivity contribution is 7.99. The van der Waals surface area contributed by atoms with Gasteiger partial charge in [-0.25, -0.2) is 0 Å². The molecule has 2 rings (SSSR count). The molecule has 1 saturated heterocycles. The Balaban J connectivity index is 1.99. The van der Waals surface area contributed by atoms with Gasteiger partial charge in [0.05, 0.1) is 0 Å². The van der Waals surface area contributed by atoms with Crippen LogP contribution in [0.5, 0.6) is 0 Å². The highest BCUT2D eigenvalue weighted by Crippen LogP contribution is 2.36. The first-order valence-electron chi connectivity index (χ1n) is 7.72. The van der Waals surface area contributed by atoms with Gasteiger partial charge in [0.2, 0.25) is 0 Å². The second-order valence-electron chi connectivity index (χ2n) is 6.31. The van der Waals surface area contributed by atoms with Crippen molar-refractivity contribution < 1.29 is 0 Å². The van der Waals surface area contributed by atoms with Crippen LogP contribution in [0.25, 0.3) is 0 Å². The topological polar surface area (TPSA) is 15.3 Å². The summed E-state index contributed by atoms with van der Waals surface area (Å²) in [5.41, 5.74) is 0.841. The zero-order chi connectivity index (χ0) is 13.1. The third-order valence-corrected chi connectivity index (χ3v) is 6.01. The van der Waals surface area contributed by atoms with E-state index in [4.69, 9.17) is 0 Å². The van der Waals surface area contributed by atoms with Gasteiger partial charge >= 0.3 is 0 Å². The van der Waals surface area contributed by atoms with Gasteiger partial charge in [-0.3, -0.25) is 4.90 Å². The molecule has 0 aromatic heterocycles. The van der Waals surface area contributed by atoms with Gasteiger partial charge in [-0.05, 0) is 31.9 Å². The standard InChI is InChI=1S/C15H30N2S/c1-4-14(3)12-16-15(8-6-7-9-15)13-17(14)10-11-18-5-2/h16H,4-13H2,1-3H3. The van der Waals surface area contributed by atoms with Crippen LogP contribution in [0.2, 0.25) is 0 Å². The van der Waals surface area contributed by atoms with Gasteiger partial charge in [0.1, 0.15) is 0 Å². The minimum Gasteiger partial charge on any atom is -0.308 e. The first-order valence-corrected chi connectivity index (χ1v) is 8.87. The van der Waals surface area contributed by atoms with Crippen LogP contribution in [0.3, 0.4) is 0 Å². The highest BCUT2D eigenvalue weighted by Gasteiger charge is 2.44. The Labute approximate surface area is 117 Å². The molecule has 3 heteroatoms. The monoisotopic (exact) mass is 270 g/mol. The van der Waals surface area contributed by atoms with E-state index in [1.807, 2.05) is 0 Å². The predicted octanol–water partition coefficient (Wildman–Crippen LogP) is 3.13. The number of hydrogen-bond acceptors (Lipinski definition) is 3. The van der Waals surface area contributed by atoms with Gasteiger partial charge in [-0.2, -0.15) is 11.8 Å². The Bertz CT molecular complexity index is 263. The lowest BCUT2D eigenvalue weighted by Gasteiger charge is -2.52. The molecular weight excluding hydrogens is 240 g/mol. The van der Waals surface area contributed by atoms with Crippen molar-refractivity contribution in [3.05, 3.63) is 0 Å². The minimum atomic E-state index is 0.377. The Morgan fingerprint density at radius 3 is 2.56 bits per heavy atom. The molecule has 1 aliphatic heterocycles. The molecule has 1 aliphatic carbocycles. The number of piperazine rings is 1. The number of hydrogen-bond donors (Lipinski definition) is 1. The van der Waals surface area contributed by atoms with Gasteiger partial charge in [0.15, 0.2) is 0 Å². The molecule has 106 valence electrons. The fourth-order valence-electron chi connectivity index (χ4n) is 3.51. The molecule has 0 amide bonds. The third kappa shape index (κ3) is 3.05. The van der Waals surface area contributed by atoms with E-state index in [0.29, 0.717) is 11.1 Å². The first kappa shape index (κ1) is 14.7. The molecule has 1 N–H and O–H groups in total. The molecule has 2 nitrogen and oxygen atoms in total. The summed E-state index contributed by atoms with van der Waals surface area (Å²) >= 11 is 2.08. The van der Waals surface area contributed by atoms with E-state index >= 15 is 0 Å². The van der Waals surface area contributed by atoms with Gasteiger partial charge < -0.3 is 5.32 Å². The van der Waals surface area contributed by atoms with E-state index in [2.05, 4.69) is 42.7 Å². The van der Waals surface area contributed by atoms with Crippen LogP contribution in [0, 0.1) is 0 Å². The second kappa shape index (κ2) is 6.15. The summed E-state index contributed by atoms with van der Waals surface area (Å²) < 4.78 is 0. The van der Waals surface area contributed by atoms with E-state index in [-0.39, 0.29) is 0 Å². The average Bonchev–Trinajstić information content (AvgIpc) is 2.83. The van der Waals surface area contributed by atoms with Crippen molar-refractivity contribution in [2.75, 3.05) is 31.1 Å². The Morgan fingerprint density at radius 1 is 1.22 bits per heavy atom. The molecule has 0 aromatic rings. The van der Waals surface area contributed by atoms with Crippen molar-refractivity contribution in [3.63, 3.8) is 0 Å². The van der Waals surface area contributed by atoms with E-state index in [1.54, 1.807) is 0 Å². The molecule has 1 atom stereocenters. The van der Waals surface area contributed by atoms with Gasteiger partial charge in [-0.15, -0.1) is 0 Å². The molecule has 1 unspecified atom stereocenters. The zero-order valence-corrected chi connectivity index (χ0v) is 13.2. The van der Waals surface area contributed by atoms with Gasteiger partial charge in [-0.1, -0.05) is 26.7 Å². The number of thioether (sulfide) groups is 1. The number of nitrogens with one attached hydrogen (secondary N) is 1. The minimum absolute atomic E-state index is 0.377. The van der Waals surface area contributed by atoms with Crippen LogP contribution in [0.15, 0.2) is 0 Å². The maximum absolute atomic E-state index is 3.91. The van der Waals surface area contributed by atoms with Crippen LogP contribution < -0.4 is 5.32 Å². The third-order valence-electron chi connectivity index (χ3n) is 5.13. The molecule has 0 aromatic carbocycles. The van der Waals surface area contributed by atoms with Crippen molar-refractivity contribution in [2.45, 2.75) is 64.0 Å². The summed E-state index contributed by atoms with van der Waals surface area (Å²) in [7, 11) is 0. The van der Waals surface area contributed by atoms with Crippen LogP contribution in [0.1, 0.15) is 52.9 Å². The molecule has 0 radical (unpaired) electrons. The fraction of sp³-hybridized carbons (Fsp3) is 1.00. The second-order valence-corrected chi connectivity index (χ2v) is 7.70. The molecule has 1 heterocycles. The Kier molecular flexibility index (Phi) is 5.01. The van der Waals surface area contributed by atoms with Crippen molar-refractivity contribution in [2.24, 2.45) is 0 Å². The molecule has 18 heavy (non-hydrogen) atoms. The summed E-state index contributed by atoms with van der Waals surface area (Å²) in [6, 6.07) is 0. The normalized spacial score (nSPS) is 32.2. The molecule has 1 saturated carbocycles. The molecule has 2 fully saturated rings. The predicted molar refractivity (Wildman–Crippen MR) is 82.5 cm³/mol. The van der Waals surface area contributed by atoms with E-state index < -0.39 is 0 Å². The van der Waals surface area contributed by atoms with E-state index in [9.17, 15) is 0 Å². The highest BCUT2D eigenvalue weighted by atomic mass is 32.2. The van der Waals surface area contributed by atoms with Crippen LogP contribution >= 0.6 is 11.8 Å². The lowest BCUT2D eigenvalue weighted by atomic mass is 9.85. The SMILES string of the molecule is CCSCCN1CC2(CCCC2)NCC1(C)CC. The average molecular weight is 270 g/mol. The quantitative estimate of drug-likeness (QED) is 0.773. The van der Waals surface area contributed by atoms with Crippen molar-refractivity contribution in [1.29, 1.82) is 0 Å². The Morgan fingerprint density at radius 2 is 1.94 bits per heavy atom. The summed E-state index contributed by atoms with van der Waals surface area (Å²) in [4.78, 5) is 2.79. The maximum Gasteiger partial charge on any atom is 0.0309 e. The summed E-state index contributed by atoms with van der Waals surface area (Å²) in [5, 5.41) is 3.91. The lowest BCUT2D eigenvalue weighted by molar-refractivity contribution is 0.0196. The number of nitrogens with zero attached hydrogens (tertiary/aromatic N) is 1. The largest absolute Gasteiger partial charge is 0.308 e. The van der Waals surface area contributed by atoms with Crippen LogP contribution in [-0.2, 0) is 0 Å². The molecule has 2 aliphatic rings. The fourth-order valence-corrected chi connectivity index (χ4v) is 4.14. The Hall–Kier alpha value is 0.270. The summed E-state index contributed by atoms with van der Waals surface area (Å²) in [5.74, 6) is 2.54. The number of rotatable bonds is 5. The van der Waals surface area contributed by atoms with Crippen LogP contribution in [0.4, 0.5) is 0 Å². The van der Waals surface area contributed by atoms with Gasteiger partial charge in [0, 0.05) is 36.5 Å². The summed E-state index contributed by atoms with van der Waals surface area (Å²) in [6.45, 7) is 10.8. The van der Waals surface area contributed by atoms with Crippen molar-refractivity contribution >= 4 is 11.8 Å². The zero-order valence-electron chi connectivity index (χ0n) is 12.4. The molecule has 0 bridgehead atoms. The smallest absolute Gasteiger partial charge is 0.0309 e. The molecular formula is C15H30N2S. The maximum atomic E-state index is 3.91. The lowest BCUT2D eigenvalue weighted by Crippen LogP contribution is -2.68. The van der Waals surface area contributed by atoms with E-state index in [0.717, 1.165) is 0 Å². The van der Waals surface area contributed by atoms with Crippen molar-refractivity contribution in [3.8, 4) is 0 Å². The van der Waals surface area contributed by atoms with Gasteiger partial charge in [0.25, 0.3) is 0 Å². The van der Waals surface area contributed by atoms with Crippen molar-refractivity contribution in [1.82, 2.24) is 10.2 Å².